The highest BCUT2D eigenvalue weighted by atomic mass is 19.1. The van der Waals surface area contributed by atoms with Gasteiger partial charge in [0.1, 0.15) is 24.6 Å². The number of terminal acetylenes is 1. The summed E-state index contributed by atoms with van der Waals surface area (Å²) >= 11 is 0. The molecule has 0 aromatic heterocycles. The summed E-state index contributed by atoms with van der Waals surface area (Å²) in [6, 6.07) is 6.30. The molecule has 0 aliphatic carbocycles. The fourth-order valence-electron chi connectivity index (χ4n) is 1.45. The molecule has 2 rings (SSSR count). The molecule has 3 heteroatoms. The maximum Gasteiger partial charge on any atom is 0.123 e. The van der Waals surface area contributed by atoms with Gasteiger partial charge in [0.2, 0.25) is 0 Å². The third-order valence-corrected chi connectivity index (χ3v) is 2.25. The van der Waals surface area contributed by atoms with E-state index in [1.807, 2.05) is 0 Å². The molecule has 0 bridgehead atoms. The highest BCUT2D eigenvalue weighted by Crippen LogP contribution is 2.38. The average molecular weight is 206 g/mol. The average Bonchev–Trinajstić information content (AvgIpc) is 2.99. The number of hydrogen-bond donors (Lipinski definition) is 0. The summed E-state index contributed by atoms with van der Waals surface area (Å²) in [5.74, 6) is 2.15. The van der Waals surface area contributed by atoms with E-state index in [4.69, 9.17) is 15.9 Å². The van der Waals surface area contributed by atoms with Crippen molar-refractivity contribution in [1.29, 1.82) is 0 Å². The summed E-state index contributed by atoms with van der Waals surface area (Å²) in [6.45, 7) is 0.794. The molecule has 2 unspecified atom stereocenters. The van der Waals surface area contributed by atoms with Crippen molar-refractivity contribution >= 4 is 0 Å². The van der Waals surface area contributed by atoms with Gasteiger partial charge >= 0.3 is 0 Å². The molecule has 1 aliphatic rings. The first-order valence-electron chi connectivity index (χ1n) is 4.73. The summed E-state index contributed by atoms with van der Waals surface area (Å²) in [6.07, 6.45) is 5.13. The molecule has 1 aromatic carbocycles. The molecule has 78 valence electrons. The zero-order chi connectivity index (χ0) is 10.7. The molecule has 1 heterocycles. The van der Waals surface area contributed by atoms with Crippen LogP contribution in [-0.2, 0) is 9.47 Å². The fourth-order valence-corrected chi connectivity index (χ4v) is 1.45. The van der Waals surface area contributed by atoms with Crippen molar-refractivity contribution in [2.24, 2.45) is 0 Å². The summed E-state index contributed by atoms with van der Waals surface area (Å²) in [7, 11) is 0. The van der Waals surface area contributed by atoms with Gasteiger partial charge in [0.25, 0.3) is 0 Å². The van der Waals surface area contributed by atoms with Gasteiger partial charge in [0.05, 0.1) is 6.61 Å². The van der Waals surface area contributed by atoms with Crippen molar-refractivity contribution in [3.8, 4) is 12.3 Å². The number of benzene rings is 1. The van der Waals surface area contributed by atoms with Crippen molar-refractivity contribution in [3.63, 3.8) is 0 Å². The number of hydrogen-bond acceptors (Lipinski definition) is 2. The van der Waals surface area contributed by atoms with E-state index in [2.05, 4.69) is 5.92 Å². The monoisotopic (exact) mass is 206 g/mol. The Morgan fingerprint density at radius 3 is 2.80 bits per heavy atom. The van der Waals surface area contributed by atoms with Crippen molar-refractivity contribution in [2.45, 2.75) is 12.2 Å². The fraction of sp³-hybridized carbons (Fsp3) is 0.333. The maximum absolute atomic E-state index is 12.6. The Morgan fingerprint density at radius 1 is 1.40 bits per heavy atom. The lowest BCUT2D eigenvalue weighted by atomic mass is 10.1. The molecule has 1 aromatic rings. The minimum Gasteiger partial charge on any atom is -0.366 e. The summed E-state index contributed by atoms with van der Waals surface area (Å²) in [5, 5.41) is 0. The Kier molecular flexibility index (Phi) is 3.00. The molecular formula is C12H11FO2. The first kappa shape index (κ1) is 10.2. The third kappa shape index (κ3) is 2.56. The van der Waals surface area contributed by atoms with E-state index in [0.717, 1.165) is 5.56 Å². The second kappa shape index (κ2) is 4.43. The molecule has 1 saturated heterocycles. The van der Waals surface area contributed by atoms with Crippen molar-refractivity contribution in [3.05, 3.63) is 35.6 Å². The highest BCUT2D eigenvalue weighted by molar-refractivity contribution is 5.23. The topological polar surface area (TPSA) is 21.8 Å². The predicted molar refractivity (Wildman–Crippen MR) is 53.7 cm³/mol. The van der Waals surface area contributed by atoms with Crippen molar-refractivity contribution in [1.82, 2.24) is 0 Å². The summed E-state index contributed by atoms with van der Waals surface area (Å²) < 4.78 is 23.1. The molecule has 15 heavy (non-hydrogen) atoms. The second-order valence-electron chi connectivity index (χ2n) is 3.37. The first-order chi connectivity index (χ1) is 7.31. The maximum atomic E-state index is 12.6. The van der Waals surface area contributed by atoms with Crippen LogP contribution in [0.4, 0.5) is 4.39 Å². The molecule has 2 atom stereocenters. The van der Waals surface area contributed by atoms with Crippen molar-refractivity contribution < 1.29 is 13.9 Å². The van der Waals surface area contributed by atoms with E-state index in [1.54, 1.807) is 12.1 Å². The van der Waals surface area contributed by atoms with Gasteiger partial charge in [-0.05, 0) is 17.7 Å². The number of rotatable bonds is 4. The van der Waals surface area contributed by atoms with Crippen LogP contribution in [0.1, 0.15) is 11.7 Å². The minimum atomic E-state index is -0.237. The van der Waals surface area contributed by atoms with E-state index >= 15 is 0 Å². The van der Waals surface area contributed by atoms with E-state index in [9.17, 15) is 4.39 Å². The number of epoxide rings is 1. The molecule has 0 N–H and O–H groups in total. The van der Waals surface area contributed by atoms with Gasteiger partial charge in [-0.2, -0.15) is 0 Å². The van der Waals surface area contributed by atoms with Crippen LogP contribution in [0.5, 0.6) is 0 Å². The summed E-state index contributed by atoms with van der Waals surface area (Å²) in [4.78, 5) is 0. The van der Waals surface area contributed by atoms with Crippen LogP contribution in [0.25, 0.3) is 0 Å². The molecule has 0 saturated carbocycles. The Hall–Kier alpha value is -1.37. The predicted octanol–water partition coefficient (Wildman–Crippen LogP) is 1.92. The van der Waals surface area contributed by atoms with Gasteiger partial charge in [-0.1, -0.05) is 18.1 Å². The molecule has 0 radical (unpaired) electrons. The Bertz CT molecular complexity index is 366. The third-order valence-electron chi connectivity index (χ3n) is 2.25. The molecule has 1 aliphatic heterocycles. The minimum absolute atomic E-state index is 0.0309. The second-order valence-corrected chi connectivity index (χ2v) is 3.37. The van der Waals surface area contributed by atoms with Gasteiger partial charge in [0, 0.05) is 0 Å². The van der Waals surface area contributed by atoms with E-state index in [-0.39, 0.29) is 18.0 Å². The zero-order valence-corrected chi connectivity index (χ0v) is 8.15. The molecule has 0 amide bonds. The normalized spacial score (nSPS) is 23.5. The standard InChI is InChI=1S/C12H11FO2/c1-2-7-14-8-11-12(15-11)9-3-5-10(13)6-4-9/h1,3-6,11-12H,7-8H2. The molecule has 2 nitrogen and oxygen atoms in total. The van der Waals surface area contributed by atoms with Gasteiger partial charge in [-0.15, -0.1) is 6.42 Å². The van der Waals surface area contributed by atoms with Crippen LogP contribution in [0.3, 0.4) is 0 Å². The van der Waals surface area contributed by atoms with Crippen molar-refractivity contribution in [2.75, 3.05) is 13.2 Å². The molecular weight excluding hydrogens is 195 g/mol. The quantitative estimate of drug-likeness (QED) is 0.426. The SMILES string of the molecule is C#CCOCC1OC1c1ccc(F)cc1. The Balaban J connectivity index is 1.83. The number of halogens is 1. The van der Waals surface area contributed by atoms with Gasteiger partial charge in [0.15, 0.2) is 0 Å². The van der Waals surface area contributed by atoms with Crippen LogP contribution < -0.4 is 0 Å². The lowest BCUT2D eigenvalue weighted by molar-refractivity contribution is 0.145. The van der Waals surface area contributed by atoms with E-state index in [0.29, 0.717) is 13.2 Å². The van der Waals surface area contributed by atoms with Gasteiger partial charge in [-0.3, -0.25) is 0 Å². The van der Waals surface area contributed by atoms with Gasteiger partial charge < -0.3 is 9.47 Å². The van der Waals surface area contributed by atoms with Gasteiger partial charge in [-0.25, -0.2) is 4.39 Å². The molecule has 0 spiro atoms. The van der Waals surface area contributed by atoms with Crippen LogP contribution in [0.2, 0.25) is 0 Å². The van der Waals surface area contributed by atoms with Crippen LogP contribution in [-0.4, -0.2) is 19.3 Å². The smallest absolute Gasteiger partial charge is 0.123 e. The highest BCUT2D eigenvalue weighted by Gasteiger charge is 2.40. The lowest BCUT2D eigenvalue weighted by Crippen LogP contribution is -2.02. The van der Waals surface area contributed by atoms with Crippen LogP contribution >= 0.6 is 0 Å². The number of ether oxygens (including phenoxy) is 2. The Morgan fingerprint density at radius 2 is 2.13 bits per heavy atom. The van der Waals surface area contributed by atoms with Crippen LogP contribution in [0, 0.1) is 18.2 Å². The van der Waals surface area contributed by atoms with E-state index in [1.165, 1.54) is 12.1 Å². The lowest BCUT2D eigenvalue weighted by Gasteiger charge is -1.96. The Labute approximate surface area is 88.0 Å². The largest absolute Gasteiger partial charge is 0.366 e. The zero-order valence-electron chi connectivity index (χ0n) is 8.15. The first-order valence-corrected chi connectivity index (χ1v) is 4.73. The van der Waals surface area contributed by atoms with Crippen LogP contribution in [0.15, 0.2) is 24.3 Å². The van der Waals surface area contributed by atoms with E-state index < -0.39 is 0 Å². The molecule has 1 fully saturated rings. The summed E-state index contributed by atoms with van der Waals surface area (Å²) in [5.41, 5.74) is 0.978.